The summed E-state index contributed by atoms with van der Waals surface area (Å²) in [7, 11) is 0. The summed E-state index contributed by atoms with van der Waals surface area (Å²) in [5.41, 5.74) is 3.09. The molecule has 4 atom stereocenters. The van der Waals surface area contributed by atoms with Gasteiger partial charge < -0.3 is 24.1 Å². The molecule has 3 aromatic rings. The molecule has 2 aliphatic carbocycles. The minimum Gasteiger partial charge on any atom is -0.508 e. The number of phenolic OH excluding ortho intramolecular Hbond substituents is 1. The monoisotopic (exact) mass is 644 g/mol. The van der Waals surface area contributed by atoms with Gasteiger partial charge in [-0.05, 0) is 133 Å². The van der Waals surface area contributed by atoms with Crippen molar-refractivity contribution in [1.29, 1.82) is 0 Å². The van der Waals surface area contributed by atoms with Crippen LogP contribution in [0, 0.1) is 11.8 Å². The Morgan fingerprint density at radius 3 is 1.38 bits per heavy atom. The molecule has 1 N–H and O–H groups in total. The highest BCUT2D eigenvalue weighted by molar-refractivity contribution is 5.78. The molecule has 2 saturated carbocycles. The Balaban J connectivity index is 0.000000196. The van der Waals surface area contributed by atoms with Crippen LogP contribution in [0.25, 0.3) is 6.08 Å². The maximum Gasteiger partial charge on any atom is 0.309 e. The highest BCUT2D eigenvalue weighted by atomic mass is 16.5. The van der Waals surface area contributed by atoms with Gasteiger partial charge in [0.15, 0.2) is 0 Å². The lowest BCUT2D eigenvalue weighted by Gasteiger charge is -2.21. The van der Waals surface area contributed by atoms with E-state index in [0.717, 1.165) is 35.5 Å². The summed E-state index contributed by atoms with van der Waals surface area (Å²) in [4.78, 5) is 23.0. The summed E-state index contributed by atoms with van der Waals surface area (Å²) in [6.07, 6.45) is 3.59. The molecule has 0 unspecified atom stereocenters. The number of hydrogen-bond donors (Lipinski definition) is 1. The molecule has 0 radical (unpaired) electrons. The highest BCUT2D eigenvalue weighted by Gasteiger charge is 2.45. The van der Waals surface area contributed by atoms with E-state index in [1.54, 1.807) is 12.1 Å². The molecule has 3 aromatic carbocycles. The van der Waals surface area contributed by atoms with Crippen molar-refractivity contribution in [1.82, 2.24) is 0 Å². The normalized spacial score (nSPS) is 19.4. The van der Waals surface area contributed by atoms with Crippen LogP contribution < -0.4 is 9.47 Å². The Labute approximate surface area is 280 Å². The third kappa shape index (κ3) is 12.8. The molecule has 0 aromatic heterocycles. The zero-order valence-corrected chi connectivity index (χ0v) is 29.2. The molecule has 0 amide bonds. The van der Waals surface area contributed by atoms with E-state index in [2.05, 4.69) is 6.58 Å². The van der Waals surface area contributed by atoms with Gasteiger partial charge in [-0.1, -0.05) is 49.1 Å². The van der Waals surface area contributed by atoms with E-state index in [4.69, 9.17) is 24.1 Å². The fourth-order valence-electron chi connectivity index (χ4n) is 5.03. The molecule has 0 saturated heterocycles. The van der Waals surface area contributed by atoms with Crippen LogP contribution in [0.1, 0.15) is 96.8 Å². The zero-order chi connectivity index (χ0) is 34.8. The van der Waals surface area contributed by atoms with Gasteiger partial charge in [0, 0.05) is 0 Å². The van der Waals surface area contributed by atoms with Gasteiger partial charge in [-0.15, -0.1) is 0 Å². The zero-order valence-electron chi connectivity index (χ0n) is 29.2. The standard InChI is InChI=1S/C16H22O3.C12H14O3.C12H16O/c1-5-18-15(17)14-10-13(14)11-6-8-12(9-7-11)19-16(2,3)4;1-2-15-12(14)11-7-10(11)8-3-5-9(13)6-4-8;1-5-10-6-8-11(9-7-10)13-12(2,3)4/h6-9,13-14H,5,10H2,1-4H3;3-6,10-11,13H,2,7H2,1H3;5-9H,1H2,2-4H3/t13-,14+;10-,11+;/m00./s1. The molecule has 2 fully saturated rings. The fourth-order valence-corrected chi connectivity index (χ4v) is 5.03. The van der Waals surface area contributed by atoms with Gasteiger partial charge in [0.1, 0.15) is 28.5 Å². The van der Waals surface area contributed by atoms with Gasteiger partial charge in [0.25, 0.3) is 0 Å². The number of carbonyl (C=O) groups is 2. The Morgan fingerprint density at radius 1 is 0.681 bits per heavy atom. The lowest BCUT2D eigenvalue weighted by molar-refractivity contribution is -0.145. The number of hydrogen-bond acceptors (Lipinski definition) is 7. The van der Waals surface area contributed by atoms with Crippen molar-refractivity contribution in [3.05, 3.63) is 96.1 Å². The summed E-state index contributed by atoms with van der Waals surface area (Å²) in [5, 5.41) is 9.13. The van der Waals surface area contributed by atoms with Crippen LogP contribution in [0.2, 0.25) is 0 Å². The van der Waals surface area contributed by atoms with Crippen molar-refractivity contribution in [2.24, 2.45) is 11.8 Å². The predicted molar refractivity (Wildman–Crippen MR) is 187 cm³/mol. The van der Waals surface area contributed by atoms with Gasteiger partial charge in [-0.2, -0.15) is 0 Å². The van der Waals surface area contributed by atoms with Gasteiger partial charge in [-0.25, -0.2) is 0 Å². The van der Waals surface area contributed by atoms with Gasteiger partial charge in [0.2, 0.25) is 0 Å². The first-order valence-corrected chi connectivity index (χ1v) is 16.5. The maximum absolute atomic E-state index is 11.6. The summed E-state index contributed by atoms with van der Waals surface area (Å²) >= 11 is 0. The summed E-state index contributed by atoms with van der Waals surface area (Å²) in [5.74, 6) is 2.53. The van der Waals surface area contributed by atoms with Crippen LogP contribution in [0.5, 0.6) is 17.2 Å². The molecule has 0 aliphatic heterocycles. The van der Waals surface area contributed by atoms with Crippen molar-refractivity contribution in [3.8, 4) is 17.2 Å². The molecule has 7 heteroatoms. The minimum atomic E-state index is -0.186. The fraction of sp³-hybridized carbons (Fsp3) is 0.450. The van der Waals surface area contributed by atoms with Crippen molar-refractivity contribution < 1.29 is 33.6 Å². The van der Waals surface area contributed by atoms with Crippen LogP contribution in [-0.4, -0.2) is 41.5 Å². The smallest absolute Gasteiger partial charge is 0.309 e. The number of phenols is 1. The molecule has 2 aliphatic rings. The Kier molecular flexibility index (Phi) is 13.1. The molecular weight excluding hydrogens is 592 g/mol. The van der Waals surface area contributed by atoms with E-state index in [1.165, 1.54) is 5.56 Å². The Morgan fingerprint density at radius 2 is 1.04 bits per heavy atom. The average Bonchev–Trinajstić information content (AvgIpc) is 3.93. The lowest BCUT2D eigenvalue weighted by Crippen LogP contribution is -2.22. The van der Waals surface area contributed by atoms with Crippen molar-refractivity contribution in [2.75, 3.05) is 13.2 Å². The number of carbonyl (C=O) groups excluding carboxylic acids is 2. The SMILES string of the molecule is C=Cc1ccc(OC(C)(C)C)cc1.CCOC(=O)[C@@H]1C[C@H]1c1ccc(O)cc1.CCOC(=O)[C@@H]1C[C@H]1c1ccc(OC(C)(C)C)cc1. The molecule has 0 spiro atoms. The third-order valence-corrected chi connectivity index (χ3v) is 7.35. The Bertz CT molecular complexity index is 1430. The van der Waals surface area contributed by atoms with Crippen LogP contribution in [-0.2, 0) is 19.1 Å². The van der Waals surface area contributed by atoms with Crippen molar-refractivity contribution >= 4 is 18.0 Å². The van der Waals surface area contributed by atoms with Crippen LogP contribution in [0.4, 0.5) is 0 Å². The average molecular weight is 645 g/mol. The number of benzene rings is 3. The quantitative estimate of drug-likeness (QED) is 0.232. The molecule has 0 bridgehead atoms. The first-order valence-electron chi connectivity index (χ1n) is 16.5. The molecule has 254 valence electrons. The lowest BCUT2D eigenvalue weighted by atomic mass is 10.1. The number of ether oxygens (including phenoxy) is 4. The van der Waals surface area contributed by atoms with Crippen LogP contribution >= 0.6 is 0 Å². The first kappa shape index (κ1) is 37.2. The molecule has 0 heterocycles. The van der Waals surface area contributed by atoms with Crippen molar-refractivity contribution in [2.45, 2.75) is 91.3 Å². The predicted octanol–water partition coefficient (Wildman–Crippen LogP) is 9.10. The summed E-state index contributed by atoms with van der Waals surface area (Å²) in [6.45, 7) is 20.4. The van der Waals surface area contributed by atoms with Gasteiger partial charge in [0.05, 0.1) is 25.0 Å². The van der Waals surface area contributed by atoms with E-state index in [0.29, 0.717) is 19.1 Å². The molecule has 5 rings (SSSR count). The topological polar surface area (TPSA) is 91.3 Å². The van der Waals surface area contributed by atoms with E-state index < -0.39 is 0 Å². The van der Waals surface area contributed by atoms with E-state index in [-0.39, 0.29) is 46.6 Å². The maximum atomic E-state index is 11.6. The van der Waals surface area contributed by atoms with Gasteiger partial charge >= 0.3 is 11.9 Å². The second-order valence-electron chi connectivity index (χ2n) is 13.8. The van der Waals surface area contributed by atoms with Crippen molar-refractivity contribution in [3.63, 3.8) is 0 Å². The molecule has 7 nitrogen and oxygen atoms in total. The van der Waals surface area contributed by atoms with E-state index in [9.17, 15) is 9.59 Å². The second-order valence-corrected chi connectivity index (χ2v) is 13.8. The van der Waals surface area contributed by atoms with Crippen LogP contribution in [0.15, 0.2) is 79.4 Å². The largest absolute Gasteiger partial charge is 0.508 e. The van der Waals surface area contributed by atoms with Crippen LogP contribution in [0.3, 0.4) is 0 Å². The van der Waals surface area contributed by atoms with E-state index in [1.807, 2.05) is 122 Å². The highest BCUT2D eigenvalue weighted by Crippen LogP contribution is 2.49. The number of esters is 2. The Hall–Kier alpha value is -4.26. The summed E-state index contributed by atoms with van der Waals surface area (Å²) in [6, 6.07) is 23.0. The number of aromatic hydroxyl groups is 1. The molecular formula is C40H52O7. The summed E-state index contributed by atoms with van der Waals surface area (Å²) < 4.78 is 21.4. The minimum absolute atomic E-state index is 0.0227. The van der Waals surface area contributed by atoms with E-state index >= 15 is 0 Å². The third-order valence-electron chi connectivity index (χ3n) is 7.35. The molecule has 47 heavy (non-hydrogen) atoms. The second kappa shape index (κ2) is 16.5. The van der Waals surface area contributed by atoms with Gasteiger partial charge in [-0.3, -0.25) is 9.59 Å². The first-order chi connectivity index (χ1) is 22.1. The number of rotatable bonds is 9.